The molecule has 1 saturated carbocycles. The Kier molecular flexibility index (Phi) is 14.9. The summed E-state index contributed by atoms with van der Waals surface area (Å²) in [6.07, 6.45) is 9.22. The molecule has 2 aromatic heterocycles. The zero-order valence-corrected chi connectivity index (χ0v) is 38.1. The van der Waals surface area contributed by atoms with Crippen LogP contribution < -0.4 is 24.3 Å². The number of aromatic nitrogens is 2. The largest absolute Gasteiger partial charge is 0.488 e. The van der Waals surface area contributed by atoms with Gasteiger partial charge in [-0.15, -0.1) is 0 Å². The van der Waals surface area contributed by atoms with Crippen LogP contribution in [-0.2, 0) is 31.2 Å². The number of pyridine rings is 2. The topological polar surface area (TPSA) is 146 Å². The normalized spacial score (nSPS) is 13.4. The Morgan fingerprint density at radius 2 is 1.29 bits per heavy atom. The molecule has 2 aliphatic rings. The third kappa shape index (κ3) is 11.0. The van der Waals surface area contributed by atoms with Crippen molar-refractivity contribution in [3.63, 3.8) is 0 Å². The lowest BCUT2D eigenvalue weighted by atomic mass is 9.93. The molecule has 16 heteroatoms. The summed E-state index contributed by atoms with van der Waals surface area (Å²) in [7, 11) is 0. The molecule has 0 radical (unpaired) electrons. The van der Waals surface area contributed by atoms with E-state index in [1.807, 2.05) is 36.4 Å². The van der Waals surface area contributed by atoms with E-state index in [-0.39, 0.29) is 95.1 Å². The summed E-state index contributed by atoms with van der Waals surface area (Å²) in [6.45, 7) is 8.46. The monoisotopic (exact) mass is 961 g/mol. The third-order valence-corrected chi connectivity index (χ3v) is 12.6. The summed E-state index contributed by atoms with van der Waals surface area (Å²) in [5.74, 6) is 0.703. The molecule has 1 N–H and O–H groups in total. The highest BCUT2D eigenvalue weighted by atomic mass is 35.5. The van der Waals surface area contributed by atoms with Gasteiger partial charge in [-0.3, -0.25) is 19.6 Å². The van der Waals surface area contributed by atoms with Gasteiger partial charge >= 0.3 is 0 Å². The summed E-state index contributed by atoms with van der Waals surface area (Å²) in [5, 5.41) is 13.6. The second-order valence-electron chi connectivity index (χ2n) is 15.8. The summed E-state index contributed by atoms with van der Waals surface area (Å²) in [6, 6.07) is 22.7. The van der Waals surface area contributed by atoms with Gasteiger partial charge in [0.15, 0.2) is 5.78 Å². The third-order valence-electron chi connectivity index (χ3n) is 11.1. The van der Waals surface area contributed by atoms with Crippen molar-refractivity contribution < 1.29 is 33.3 Å². The van der Waals surface area contributed by atoms with E-state index in [4.69, 9.17) is 76.7 Å². The van der Waals surface area contributed by atoms with Crippen molar-refractivity contribution in [2.75, 3.05) is 13.2 Å². The standard InChI is InChI=1S/C50H39Cl4N5O7/c1-56-36-12-31(21-58-22-36)26-63-44-16-46(41(51)14-39(44)43(60)13-32-23-62-24-32)65-27-33-5-2-9-37(48(33)53)38-10-3-6-34(49(38)54)28-66-47-17-45(64-25-30-11-29(18-55)19-57-20-30)40(15-42(47)52)50(61)59-35-7-4-8-35/h2-3,5-6,9-12,14-17,19-22,32,35H,4,7-8,13,23-28H2,(H,59,61). The molecule has 334 valence electrons. The quantitative estimate of drug-likeness (QED) is 0.0652. The Bertz CT molecular complexity index is 2700. The number of nitrogens with zero attached hydrogens (tertiary/aromatic N) is 4. The van der Waals surface area contributed by atoms with Gasteiger partial charge in [-0.2, -0.15) is 5.26 Å². The number of hydrogen-bond acceptors (Lipinski definition) is 10. The lowest BCUT2D eigenvalue weighted by Crippen LogP contribution is -2.39. The molecule has 0 unspecified atom stereocenters. The van der Waals surface area contributed by atoms with Crippen LogP contribution in [-0.4, -0.2) is 40.9 Å². The highest BCUT2D eigenvalue weighted by molar-refractivity contribution is 6.37. The molecule has 3 heterocycles. The highest BCUT2D eigenvalue weighted by Gasteiger charge is 2.27. The average Bonchev–Trinajstić information content (AvgIpc) is 3.30. The van der Waals surface area contributed by atoms with Gasteiger partial charge in [-0.25, -0.2) is 4.85 Å². The minimum atomic E-state index is -0.316. The maximum atomic E-state index is 13.4. The predicted molar refractivity (Wildman–Crippen MR) is 250 cm³/mol. The van der Waals surface area contributed by atoms with Crippen LogP contribution in [0.1, 0.15) is 74.2 Å². The van der Waals surface area contributed by atoms with Crippen LogP contribution in [0.4, 0.5) is 5.69 Å². The molecule has 6 aromatic rings. The first-order valence-corrected chi connectivity index (χ1v) is 22.4. The van der Waals surface area contributed by atoms with Gasteiger partial charge in [0, 0.05) is 83.1 Å². The fourth-order valence-corrected chi connectivity index (χ4v) is 8.19. The van der Waals surface area contributed by atoms with Gasteiger partial charge < -0.3 is 29.0 Å². The molecule has 0 atom stereocenters. The number of carbonyl (C=O) groups is 2. The molecule has 1 amide bonds. The fraction of sp³-hybridized carbons (Fsp3) is 0.240. The average molecular weight is 964 g/mol. The van der Waals surface area contributed by atoms with Gasteiger partial charge in [0.05, 0.1) is 56.6 Å². The zero-order valence-electron chi connectivity index (χ0n) is 35.1. The lowest BCUT2D eigenvalue weighted by Gasteiger charge is -2.27. The first kappa shape index (κ1) is 46.2. The molecular weight excluding hydrogens is 924 g/mol. The van der Waals surface area contributed by atoms with E-state index in [1.54, 1.807) is 42.7 Å². The second kappa shape index (κ2) is 21.3. The van der Waals surface area contributed by atoms with E-state index in [0.717, 1.165) is 19.3 Å². The van der Waals surface area contributed by atoms with Crippen molar-refractivity contribution in [2.45, 2.75) is 58.2 Å². The van der Waals surface area contributed by atoms with Gasteiger partial charge in [-0.1, -0.05) is 82.8 Å². The Hall–Kier alpha value is -6.38. The van der Waals surface area contributed by atoms with Crippen molar-refractivity contribution in [1.82, 2.24) is 15.3 Å². The number of hydrogen-bond donors (Lipinski definition) is 1. The summed E-state index contributed by atoms with van der Waals surface area (Å²) < 4.78 is 30.0. The maximum absolute atomic E-state index is 13.4. The summed E-state index contributed by atoms with van der Waals surface area (Å²) in [4.78, 5) is 38.5. The van der Waals surface area contributed by atoms with Crippen molar-refractivity contribution in [3.8, 4) is 40.2 Å². The number of carbonyl (C=O) groups excluding carboxylic acids is 2. The van der Waals surface area contributed by atoms with Gasteiger partial charge in [0.2, 0.25) is 5.69 Å². The Balaban J connectivity index is 0.992. The van der Waals surface area contributed by atoms with E-state index in [2.05, 4.69) is 26.2 Å². The first-order valence-electron chi connectivity index (χ1n) is 20.9. The van der Waals surface area contributed by atoms with Crippen LogP contribution in [0, 0.1) is 23.8 Å². The van der Waals surface area contributed by atoms with Gasteiger partial charge in [0.25, 0.3) is 5.91 Å². The molecule has 1 saturated heterocycles. The molecule has 4 aromatic carbocycles. The molecule has 8 rings (SSSR count). The second-order valence-corrected chi connectivity index (χ2v) is 17.3. The number of amides is 1. The molecular formula is C50H39Cl4N5O7. The first-order chi connectivity index (χ1) is 32.1. The molecule has 12 nitrogen and oxygen atoms in total. The van der Waals surface area contributed by atoms with E-state index >= 15 is 0 Å². The van der Waals surface area contributed by atoms with E-state index in [0.29, 0.717) is 73.5 Å². The van der Waals surface area contributed by atoms with Gasteiger partial charge in [-0.05, 0) is 49.1 Å². The minimum absolute atomic E-state index is 0.00531. The maximum Gasteiger partial charge on any atom is 0.255 e. The van der Waals surface area contributed by atoms with E-state index in [1.165, 1.54) is 18.5 Å². The summed E-state index contributed by atoms with van der Waals surface area (Å²) in [5.41, 5.74) is 5.15. The van der Waals surface area contributed by atoms with Crippen LogP contribution in [0.25, 0.3) is 16.0 Å². The smallest absolute Gasteiger partial charge is 0.255 e. The van der Waals surface area contributed by atoms with Crippen molar-refractivity contribution in [3.05, 3.63) is 168 Å². The number of benzene rings is 4. The lowest BCUT2D eigenvalue weighted by molar-refractivity contribution is -0.0322. The molecule has 66 heavy (non-hydrogen) atoms. The van der Waals surface area contributed by atoms with Crippen LogP contribution in [0.5, 0.6) is 23.0 Å². The van der Waals surface area contributed by atoms with Crippen molar-refractivity contribution >= 4 is 63.8 Å². The predicted octanol–water partition coefficient (Wildman–Crippen LogP) is 12.0. The Labute approximate surface area is 401 Å². The zero-order chi connectivity index (χ0) is 46.2. The Morgan fingerprint density at radius 1 is 0.727 bits per heavy atom. The SMILES string of the molecule is [C-]#[N+]c1cncc(COc2cc(OCc3cccc(-c4cccc(COc5cc(OCc6cncc(C#N)c6)c(C(=O)NC6CCC6)cc5Cl)c4Cl)c3Cl)c(Cl)cc2C(=O)CC2COC2)c1. The number of ether oxygens (including phenoxy) is 5. The molecule has 0 spiro atoms. The van der Waals surface area contributed by atoms with Crippen molar-refractivity contribution in [1.29, 1.82) is 5.26 Å². The Morgan fingerprint density at radius 3 is 1.83 bits per heavy atom. The van der Waals surface area contributed by atoms with Crippen LogP contribution in [0.3, 0.4) is 0 Å². The van der Waals surface area contributed by atoms with Crippen LogP contribution in [0.15, 0.2) is 97.6 Å². The highest BCUT2D eigenvalue weighted by Crippen LogP contribution is 2.41. The van der Waals surface area contributed by atoms with Gasteiger partial charge in [0.1, 0.15) is 55.5 Å². The number of halogens is 4. The number of rotatable bonds is 18. The number of ketones is 1. The van der Waals surface area contributed by atoms with Crippen molar-refractivity contribution in [2.24, 2.45) is 5.92 Å². The van der Waals surface area contributed by atoms with E-state index < -0.39 is 0 Å². The fourth-order valence-electron chi connectivity index (χ4n) is 7.19. The van der Waals surface area contributed by atoms with E-state index in [9.17, 15) is 14.9 Å². The molecule has 2 fully saturated rings. The molecule has 1 aliphatic heterocycles. The number of Topliss-reactive ketones (excluding diaryl/α,β-unsaturated/α-hetero) is 1. The van der Waals surface area contributed by atoms with Crippen LogP contribution >= 0.6 is 46.4 Å². The number of nitrogens with one attached hydrogen (secondary N) is 1. The minimum Gasteiger partial charge on any atom is -0.488 e. The molecule has 0 bridgehead atoms. The molecule has 1 aliphatic carbocycles. The summed E-state index contributed by atoms with van der Waals surface area (Å²) >= 11 is 27.6. The van der Waals surface area contributed by atoms with Crippen LogP contribution in [0.2, 0.25) is 20.1 Å². The number of nitriles is 1.